The second kappa shape index (κ2) is 5.89. The predicted molar refractivity (Wildman–Crippen MR) is 92.0 cm³/mol. The fraction of sp³-hybridized carbons (Fsp3) is 0.267. The summed E-state index contributed by atoms with van der Waals surface area (Å²) in [4.78, 5) is 23.0. The van der Waals surface area contributed by atoms with Crippen LogP contribution >= 0.6 is 23.1 Å². The molecule has 0 saturated carbocycles. The Morgan fingerprint density at radius 3 is 3.17 bits per heavy atom. The van der Waals surface area contributed by atoms with E-state index in [-0.39, 0.29) is 11.2 Å². The Kier molecular flexibility index (Phi) is 3.70. The molecule has 1 saturated heterocycles. The average molecular weight is 356 g/mol. The second-order valence-corrected chi connectivity index (χ2v) is 7.41. The van der Waals surface area contributed by atoms with Crippen molar-refractivity contribution in [3.05, 3.63) is 29.5 Å². The number of nitriles is 1. The number of hydrogen-bond donors (Lipinski definition) is 0. The van der Waals surface area contributed by atoms with Crippen molar-refractivity contribution >= 4 is 45.0 Å². The second-order valence-electron chi connectivity index (χ2n) is 5.32. The normalized spacial score (nSPS) is 17.6. The first-order chi connectivity index (χ1) is 11.7. The van der Waals surface area contributed by atoms with Crippen molar-refractivity contribution in [2.75, 3.05) is 11.4 Å². The van der Waals surface area contributed by atoms with Gasteiger partial charge in [-0.1, -0.05) is 11.8 Å². The molecule has 3 aromatic heterocycles. The monoisotopic (exact) mass is 356 g/mol. The Balaban J connectivity index is 1.60. The van der Waals surface area contributed by atoms with Crippen LogP contribution in [0.1, 0.15) is 12.0 Å². The van der Waals surface area contributed by atoms with E-state index >= 15 is 0 Å². The minimum Gasteiger partial charge on any atom is -0.302 e. The highest BCUT2D eigenvalue weighted by atomic mass is 32.2. The van der Waals surface area contributed by atoms with Crippen molar-refractivity contribution < 1.29 is 4.79 Å². The first-order valence-electron chi connectivity index (χ1n) is 7.27. The lowest BCUT2D eigenvalue weighted by molar-refractivity contribution is -0.116. The minimum atomic E-state index is -0.211. The molecule has 7 nitrogen and oxygen atoms in total. The van der Waals surface area contributed by atoms with Crippen molar-refractivity contribution in [2.24, 2.45) is 7.05 Å². The predicted octanol–water partition coefficient (Wildman–Crippen LogP) is 2.19. The van der Waals surface area contributed by atoms with Gasteiger partial charge in [0, 0.05) is 13.6 Å². The third kappa shape index (κ3) is 2.35. The number of thiophene rings is 1. The topological polar surface area (TPSA) is 87.7 Å². The van der Waals surface area contributed by atoms with Crippen LogP contribution in [0.25, 0.3) is 11.0 Å². The molecule has 1 amide bonds. The molecule has 0 N–H and O–H groups in total. The SMILES string of the molecule is Cn1ncc2c(SC3CCN(c4sccc4C#N)C3=O)ncnc21. The molecule has 1 aliphatic rings. The summed E-state index contributed by atoms with van der Waals surface area (Å²) in [6.45, 7) is 0.618. The molecule has 120 valence electrons. The number of aromatic nitrogens is 4. The van der Waals surface area contributed by atoms with Gasteiger partial charge in [0.25, 0.3) is 0 Å². The summed E-state index contributed by atoms with van der Waals surface area (Å²) in [5.41, 5.74) is 1.30. The molecule has 0 aliphatic carbocycles. The molecule has 4 rings (SSSR count). The number of carbonyl (C=O) groups is 1. The van der Waals surface area contributed by atoms with Gasteiger partial charge >= 0.3 is 0 Å². The lowest BCUT2D eigenvalue weighted by atomic mass is 10.3. The van der Waals surface area contributed by atoms with Crippen LogP contribution < -0.4 is 4.90 Å². The highest BCUT2D eigenvalue weighted by Crippen LogP contribution is 2.37. The van der Waals surface area contributed by atoms with Gasteiger partial charge in [0.1, 0.15) is 22.4 Å². The summed E-state index contributed by atoms with van der Waals surface area (Å²) >= 11 is 2.87. The van der Waals surface area contributed by atoms with Crippen LogP contribution in [0.5, 0.6) is 0 Å². The third-order valence-electron chi connectivity index (χ3n) is 3.91. The highest BCUT2D eigenvalue weighted by Gasteiger charge is 2.35. The van der Waals surface area contributed by atoms with Gasteiger partial charge in [-0.05, 0) is 17.9 Å². The van der Waals surface area contributed by atoms with Gasteiger partial charge in [-0.3, -0.25) is 9.48 Å². The van der Waals surface area contributed by atoms with Gasteiger partial charge in [-0.15, -0.1) is 11.3 Å². The Hall–Kier alpha value is -2.44. The van der Waals surface area contributed by atoms with Gasteiger partial charge in [-0.2, -0.15) is 10.4 Å². The molecule has 24 heavy (non-hydrogen) atoms. The molecule has 4 heterocycles. The molecule has 0 aromatic carbocycles. The van der Waals surface area contributed by atoms with E-state index in [9.17, 15) is 4.79 Å². The maximum Gasteiger partial charge on any atom is 0.241 e. The fourth-order valence-corrected chi connectivity index (χ4v) is 4.71. The van der Waals surface area contributed by atoms with Crippen molar-refractivity contribution in [3.63, 3.8) is 0 Å². The fourth-order valence-electron chi connectivity index (χ4n) is 2.73. The zero-order valence-electron chi connectivity index (χ0n) is 12.7. The van der Waals surface area contributed by atoms with Crippen molar-refractivity contribution in [3.8, 4) is 6.07 Å². The molecule has 3 aromatic rings. The van der Waals surface area contributed by atoms with Crippen LogP contribution in [0, 0.1) is 11.3 Å². The molecule has 0 bridgehead atoms. The van der Waals surface area contributed by atoms with Crippen LogP contribution in [0.15, 0.2) is 29.0 Å². The number of aryl methyl sites for hydroxylation is 1. The van der Waals surface area contributed by atoms with Crippen molar-refractivity contribution in [2.45, 2.75) is 16.7 Å². The zero-order chi connectivity index (χ0) is 16.7. The zero-order valence-corrected chi connectivity index (χ0v) is 14.3. The summed E-state index contributed by atoms with van der Waals surface area (Å²) in [6.07, 6.45) is 3.94. The number of thioether (sulfide) groups is 1. The molecule has 1 fully saturated rings. The summed E-state index contributed by atoms with van der Waals surface area (Å²) in [7, 11) is 1.83. The number of nitrogens with zero attached hydrogens (tertiary/aromatic N) is 6. The number of fused-ring (bicyclic) bond motifs is 1. The molecule has 9 heteroatoms. The molecule has 1 atom stereocenters. The largest absolute Gasteiger partial charge is 0.302 e. The number of amides is 1. The van der Waals surface area contributed by atoms with Gasteiger partial charge in [-0.25, -0.2) is 9.97 Å². The quantitative estimate of drug-likeness (QED) is 0.669. The van der Waals surface area contributed by atoms with E-state index in [1.807, 2.05) is 12.4 Å². The van der Waals surface area contributed by atoms with Crippen LogP contribution in [0.2, 0.25) is 0 Å². The Bertz CT molecular complexity index is 972. The van der Waals surface area contributed by atoms with Crippen molar-refractivity contribution in [1.82, 2.24) is 19.7 Å². The Morgan fingerprint density at radius 1 is 1.46 bits per heavy atom. The molecule has 1 unspecified atom stereocenters. The smallest absolute Gasteiger partial charge is 0.241 e. The number of rotatable bonds is 3. The van der Waals surface area contributed by atoms with Crippen LogP contribution in [-0.2, 0) is 11.8 Å². The van der Waals surface area contributed by atoms with E-state index in [4.69, 9.17) is 5.26 Å². The first kappa shape index (κ1) is 15.1. The van der Waals surface area contributed by atoms with E-state index in [2.05, 4.69) is 21.1 Å². The lowest BCUT2D eigenvalue weighted by Gasteiger charge is -2.14. The number of hydrogen-bond acceptors (Lipinski definition) is 7. The van der Waals surface area contributed by atoms with E-state index in [0.717, 1.165) is 27.5 Å². The highest BCUT2D eigenvalue weighted by molar-refractivity contribution is 8.00. The standard InChI is InChI=1S/C15H12N6OS2/c1-20-12-10(7-19-20)13(18-8-17-12)24-11-2-4-21(14(11)22)15-9(6-16)3-5-23-15/h3,5,7-8,11H,2,4H2,1H3. The molecule has 1 aliphatic heterocycles. The van der Waals surface area contributed by atoms with E-state index in [0.29, 0.717) is 12.1 Å². The van der Waals surface area contributed by atoms with E-state index in [1.54, 1.807) is 21.8 Å². The van der Waals surface area contributed by atoms with Crippen LogP contribution in [0.4, 0.5) is 5.00 Å². The van der Waals surface area contributed by atoms with Crippen molar-refractivity contribution in [1.29, 1.82) is 5.26 Å². The summed E-state index contributed by atoms with van der Waals surface area (Å²) in [5, 5.41) is 17.3. The Labute approximate surface area is 145 Å². The van der Waals surface area contributed by atoms with E-state index < -0.39 is 0 Å². The first-order valence-corrected chi connectivity index (χ1v) is 9.03. The van der Waals surface area contributed by atoms with Gasteiger partial charge in [0.2, 0.25) is 5.91 Å². The number of carbonyl (C=O) groups excluding carboxylic acids is 1. The average Bonchev–Trinajstić information content (AvgIpc) is 3.29. The molecule has 0 radical (unpaired) electrons. The maximum absolute atomic E-state index is 12.8. The van der Waals surface area contributed by atoms with Gasteiger partial charge < -0.3 is 4.90 Å². The third-order valence-corrected chi connectivity index (χ3v) is 6.12. The summed E-state index contributed by atoms with van der Waals surface area (Å²) < 4.78 is 1.69. The Morgan fingerprint density at radius 2 is 2.33 bits per heavy atom. The minimum absolute atomic E-state index is 0.0228. The number of anilines is 1. The van der Waals surface area contributed by atoms with Crippen LogP contribution in [0.3, 0.4) is 0 Å². The summed E-state index contributed by atoms with van der Waals surface area (Å²) in [5.74, 6) is 0.0228. The van der Waals surface area contributed by atoms with Gasteiger partial charge in [0.05, 0.1) is 22.4 Å². The molecular weight excluding hydrogens is 344 g/mol. The van der Waals surface area contributed by atoms with Gasteiger partial charge in [0.15, 0.2) is 5.65 Å². The molecular formula is C15H12N6OS2. The molecule has 0 spiro atoms. The maximum atomic E-state index is 12.8. The summed E-state index contributed by atoms with van der Waals surface area (Å²) in [6, 6.07) is 3.89. The van der Waals surface area contributed by atoms with E-state index in [1.165, 1.54) is 29.4 Å². The van der Waals surface area contributed by atoms with Crippen LogP contribution in [-0.4, -0.2) is 37.5 Å². The lowest BCUT2D eigenvalue weighted by Crippen LogP contribution is -2.27.